The molecule has 0 radical (unpaired) electrons. The van der Waals surface area contributed by atoms with Crippen molar-refractivity contribution in [2.45, 2.75) is 141 Å². The van der Waals surface area contributed by atoms with Crippen LogP contribution in [0.1, 0.15) is 110 Å². The van der Waals surface area contributed by atoms with E-state index in [1.54, 1.807) is 18.2 Å². The van der Waals surface area contributed by atoms with Crippen LogP contribution in [-0.4, -0.2) is 64.0 Å². The number of carbonyl (C=O) groups is 1. The zero-order valence-corrected chi connectivity index (χ0v) is 37.0. The van der Waals surface area contributed by atoms with Crippen LogP contribution in [0.4, 0.5) is 20.8 Å². The summed E-state index contributed by atoms with van der Waals surface area (Å²) in [6, 6.07) is 11.3. The van der Waals surface area contributed by atoms with E-state index in [1.807, 2.05) is 6.07 Å². The molecule has 0 unspecified atom stereocenters. The second-order valence-electron chi connectivity index (χ2n) is 18.7. The molecular formula is C43H60FN7O3Si2. The number of hydrogen-bond acceptors (Lipinski definition) is 6. The van der Waals surface area contributed by atoms with Crippen molar-refractivity contribution in [2.24, 2.45) is 0 Å². The van der Waals surface area contributed by atoms with E-state index in [9.17, 15) is 9.90 Å². The number of halogens is 1. The molecule has 1 N–H and O–H groups in total. The van der Waals surface area contributed by atoms with Crippen molar-refractivity contribution in [3.63, 3.8) is 0 Å². The monoisotopic (exact) mass is 797 g/mol. The van der Waals surface area contributed by atoms with E-state index in [1.165, 1.54) is 24.7 Å². The van der Waals surface area contributed by atoms with Gasteiger partial charge in [0, 0.05) is 42.5 Å². The minimum absolute atomic E-state index is 0.0333. The van der Waals surface area contributed by atoms with Crippen LogP contribution in [0.3, 0.4) is 0 Å². The van der Waals surface area contributed by atoms with Crippen LogP contribution in [-0.2, 0) is 11.0 Å². The summed E-state index contributed by atoms with van der Waals surface area (Å²) in [5, 5.41) is 11.5. The Morgan fingerprint density at radius 2 is 1.70 bits per heavy atom. The molecule has 5 heterocycles. The van der Waals surface area contributed by atoms with Crippen molar-refractivity contribution < 1.29 is 18.7 Å². The van der Waals surface area contributed by atoms with Gasteiger partial charge in [-0.1, -0.05) is 68.4 Å². The number of imidazole rings is 1. The lowest BCUT2D eigenvalue weighted by molar-refractivity contribution is 0.198. The van der Waals surface area contributed by atoms with Crippen molar-refractivity contribution in [2.75, 3.05) is 16.3 Å². The fraction of sp³-hybridized carbons (Fsp3) is 0.535. The highest BCUT2D eigenvalue weighted by Crippen LogP contribution is 2.46. The van der Waals surface area contributed by atoms with E-state index >= 15 is 4.39 Å². The third-order valence-electron chi connectivity index (χ3n) is 13.2. The molecule has 1 aliphatic carbocycles. The summed E-state index contributed by atoms with van der Waals surface area (Å²) in [7, 11) is -4.26. The largest absolute Gasteiger partial charge is 0.465 e. The number of fused-ring (bicyclic) bond motifs is 2. The average molecular weight is 798 g/mol. The predicted octanol–water partition coefficient (Wildman–Crippen LogP) is 11.1. The lowest BCUT2D eigenvalue weighted by Crippen LogP contribution is -2.51. The Balaban J connectivity index is 1.22. The molecule has 7 rings (SSSR count). The predicted molar refractivity (Wildman–Crippen MR) is 229 cm³/mol. The zero-order chi connectivity index (χ0) is 40.5. The van der Waals surface area contributed by atoms with Crippen LogP contribution in [0.15, 0.2) is 61.3 Å². The van der Waals surface area contributed by atoms with Crippen molar-refractivity contribution >= 4 is 50.8 Å². The minimum atomic E-state index is -2.14. The first kappa shape index (κ1) is 40.1. The summed E-state index contributed by atoms with van der Waals surface area (Å²) >= 11 is 0. The van der Waals surface area contributed by atoms with Gasteiger partial charge in [0.1, 0.15) is 29.4 Å². The van der Waals surface area contributed by atoms with Gasteiger partial charge in [-0.2, -0.15) is 0 Å². The van der Waals surface area contributed by atoms with Gasteiger partial charge < -0.3 is 23.1 Å². The van der Waals surface area contributed by atoms with E-state index in [0.29, 0.717) is 46.9 Å². The second kappa shape index (κ2) is 14.7. The molecule has 1 saturated carbocycles. The highest BCUT2D eigenvalue weighted by molar-refractivity contribution is 6.82. The number of rotatable bonds is 12. The lowest BCUT2D eigenvalue weighted by atomic mass is 10.1. The number of anilines is 2. The molecule has 56 heavy (non-hydrogen) atoms. The van der Waals surface area contributed by atoms with Crippen LogP contribution in [0.5, 0.6) is 0 Å². The van der Waals surface area contributed by atoms with Crippen LogP contribution in [0.2, 0.25) is 34.8 Å². The smallest absolute Gasteiger partial charge is 0.413 e. The van der Waals surface area contributed by atoms with E-state index in [4.69, 9.17) is 14.4 Å². The van der Waals surface area contributed by atoms with Gasteiger partial charge in [-0.15, -0.1) is 0 Å². The first-order valence-corrected chi connectivity index (χ1v) is 25.5. The lowest BCUT2D eigenvalue weighted by Gasteiger charge is -2.44. The molecule has 300 valence electrons. The Morgan fingerprint density at radius 1 is 1.00 bits per heavy atom. The fourth-order valence-corrected chi connectivity index (χ4v) is 17.4. The molecule has 2 aliphatic rings. The number of hydrogen-bond donors (Lipinski definition) is 1. The maximum Gasteiger partial charge on any atom is 0.413 e. The second-order valence-corrected chi connectivity index (χ2v) is 29.2. The topological polar surface area (TPSA) is 101 Å². The number of benzene rings is 1. The fourth-order valence-electron chi connectivity index (χ4n) is 9.41. The van der Waals surface area contributed by atoms with E-state index in [2.05, 4.69) is 125 Å². The molecule has 1 amide bonds. The van der Waals surface area contributed by atoms with Crippen molar-refractivity contribution in [3.8, 4) is 0 Å². The average Bonchev–Trinajstić information content (AvgIpc) is 3.55. The summed E-state index contributed by atoms with van der Waals surface area (Å²) in [5.41, 5.74) is 5.61. The Kier molecular flexibility index (Phi) is 10.5. The van der Waals surface area contributed by atoms with Crippen molar-refractivity contribution in [3.05, 3.63) is 84.0 Å². The molecule has 1 aliphatic heterocycles. The minimum Gasteiger partial charge on any atom is -0.465 e. The van der Waals surface area contributed by atoms with Crippen LogP contribution in [0.25, 0.3) is 16.6 Å². The summed E-state index contributed by atoms with van der Waals surface area (Å²) in [5.74, 6) is 0.958. The third-order valence-corrected chi connectivity index (χ3v) is 24.5. The van der Waals surface area contributed by atoms with Crippen molar-refractivity contribution in [1.29, 1.82) is 0 Å². The molecule has 4 aromatic heterocycles. The molecule has 0 spiro atoms. The van der Waals surface area contributed by atoms with Gasteiger partial charge in [0.15, 0.2) is 16.6 Å². The van der Waals surface area contributed by atoms with Gasteiger partial charge in [0.05, 0.1) is 24.4 Å². The number of aromatic nitrogens is 5. The normalized spacial score (nSPS) is 18.4. The Bertz CT molecular complexity index is 2220. The number of carboxylic acid groups (broad SMARTS) is 1. The molecular weight excluding hydrogens is 738 g/mol. The number of pyridine rings is 1. The molecule has 1 saturated heterocycles. The Morgan fingerprint density at radius 3 is 2.32 bits per heavy atom. The molecule has 0 bridgehead atoms. The SMILES string of the molecule is CC(C)[Si](C(C)C)(C(C)C)n1ccc2cc(CN(C(=O)O)c3cc(N4C[C@@H](O[Si](C)(C)C(C)(C)C)C[C@@H]4c4cn5cc(C6CC6)ccc5n4)ncn3)c(F)cc21. The number of amides is 1. The van der Waals surface area contributed by atoms with Gasteiger partial charge in [-0.25, -0.2) is 24.1 Å². The Hall–Kier alpha value is -4.08. The molecule has 5 aromatic rings. The molecule has 2 fully saturated rings. The standard InChI is InChI=1S/C43H60FN7O3Si2/c1-27(2)56(28(3)4,29(5)6)51-17-16-31-18-33(35(44)20-37(31)51)23-50(42(52)53)41-21-40(45-26-46-41)49-24-34(54-55(10,11)43(7,8)9)19-38(49)36-25-48-22-32(30-12-13-30)14-15-39(48)47-36/h14-18,20-22,25-30,34,38H,12-13,19,23-24H2,1-11H3,(H,52,53)/t34-,38+/m0/s1. The summed E-state index contributed by atoms with van der Waals surface area (Å²) in [6.07, 6.45) is 9.71. The highest BCUT2D eigenvalue weighted by atomic mass is 28.4. The van der Waals surface area contributed by atoms with Crippen LogP contribution < -0.4 is 9.80 Å². The molecule has 13 heteroatoms. The molecule has 1 aromatic carbocycles. The van der Waals surface area contributed by atoms with E-state index in [0.717, 1.165) is 27.1 Å². The Labute approximate surface area is 333 Å². The summed E-state index contributed by atoms with van der Waals surface area (Å²) < 4.78 is 27.7. The van der Waals surface area contributed by atoms with Crippen LogP contribution in [0, 0.1) is 5.82 Å². The number of nitrogens with zero attached hydrogens (tertiary/aromatic N) is 7. The maximum absolute atomic E-state index is 16.2. The van der Waals surface area contributed by atoms with Gasteiger partial charge in [-0.3, -0.25) is 4.90 Å². The van der Waals surface area contributed by atoms with Gasteiger partial charge in [-0.05, 0) is 94.9 Å². The zero-order valence-electron chi connectivity index (χ0n) is 35.0. The van der Waals surface area contributed by atoms with Crippen molar-refractivity contribution in [1.82, 2.24) is 23.6 Å². The molecule has 10 nitrogen and oxygen atoms in total. The van der Waals surface area contributed by atoms with Gasteiger partial charge >= 0.3 is 6.09 Å². The highest BCUT2D eigenvalue weighted by Gasteiger charge is 2.46. The first-order chi connectivity index (χ1) is 26.3. The first-order valence-electron chi connectivity index (χ1n) is 20.4. The van der Waals surface area contributed by atoms with E-state index < -0.39 is 28.5 Å². The maximum atomic E-state index is 16.2. The van der Waals surface area contributed by atoms with Gasteiger partial charge in [0.2, 0.25) is 0 Å². The van der Waals surface area contributed by atoms with E-state index in [-0.39, 0.29) is 29.5 Å². The van der Waals surface area contributed by atoms with Gasteiger partial charge in [0.25, 0.3) is 0 Å². The summed E-state index contributed by atoms with van der Waals surface area (Å²) in [4.78, 5) is 30.4. The molecule has 2 atom stereocenters. The quantitative estimate of drug-likeness (QED) is 0.125. The summed E-state index contributed by atoms with van der Waals surface area (Å²) in [6.45, 7) is 25.4. The third kappa shape index (κ3) is 7.19. The van der Waals surface area contributed by atoms with Crippen LogP contribution >= 0.6 is 0 Å².